The number of nitrogens with zero attached hydrogens (tertiary/aromatic N) is 5. The maximum atomic E-state index is 12.2. The third-order valence-electron chi connectivity index (χ3n) is 4.45. The highest BCUT2D eigenvalue weighted by Gasteiger charge is 2.27. The van der Waals surface area contributed by atoms with Crippen molar-refractivity contribution in [1.29, 1.82) is 0 Å². The van der Waals surface area contributed by atoms with Crippen LogP contribution in [0.3, 0.4) is 0 Å². The van der Waals surface area contributed by atoms with Crippen molar-refractivity contribution in [1.82, 2.24) is 19.8 Å². The van der Waals surface area contributed by atoms with Crippen LogP contribution in [0.5, 0.6) is 0 Å². The van der Waals surface area contributed by atoms with E-state index < -0.39 is 0 Å². The summed E-state index contributed by atoms with van der Waals surface area (Å²) in [6, 6.07) is 8.14. The molecule has 1 aliphatic rings. The van der Waals surface area contributed by atoms with Gasteiger partial charge < -0.3 is 9.80 Å². The van der Waals surface area contributed by atoms with E-state index >= 15 is 0 Å². The number of aromatic nitrogens is 2. The molecule has 0 radical (unpaired) electrons. The maximum Gasteiger partial charge on any atom is 0.253 e. The van der Waals surface area contributed by atoms with Crippen LogP contribution in [0.4, 0.5) is 5.82 Å². The highest BCUT2D eigenvalue weighted by atomic mass is 16.2. The molecule has 126 valence electrons. The van der Waals surface area contributed by atoms with Gasteiger partial charge in [-0.05, 0) is 24.7 Å². The van der Waals surface area contributed by atoms with Crippen LogP contribution in [0, 0.1) is 0 Å². The van der Waals surface area contributed by atoms with Crippen LogP contribution in [0.2, 0.25) is 0 Å². The van der Waals surface area contributed by atoms with Gasteiger partial charge in [0.05, 0.1) is 12.2 Å². The monoisotopic (exact) mass is 325 g/mol. The predicted molar refractivity (Wildman–Crippen MR) is 94.1 cm³/mol. The van der Waals surface area contributed by atoms with Gasteiger partial charge in [0.2, 0.25) is 0 Å². The van der Waals surface area contributed by atoms with Crippen molar-refractivity contribution in [3.63, 3.8) is 0 Å². The average molecular weight is 325 g/mol. The molecular formula is C18H23N5O. The van der Waals surface area contributed by atoms with Gasteiger partial charge in [0, 0.05) is 51.7 Å². The van der Waals surface area contributed by atoms with Crippen molar-refractivity contribution in [2.75, 3.05) is 45.7 Å². The molecule has 6 nitrogen and oxygen atoms in total. The van der Waals surface area contributed by atoms with Crippen molar-refractivity contribution in [2.45, 2.75) is 6.04 Å². The van der Waals surface area contributed by atoms with E-state index in [-0.39, 0.29) is 11.9 Å². The molecule has 1 unspecified atom stereocenters. The molecule has 6 heteroatoms. The first-order valence-corrected chi connectivity index (χ1v) is 8.09. The number of likely N-dealkylation sites (N-methyl/N-ethyl adjacent to an activating group) is 1. The topological polar surface area (TPSA) is 52.6 Å². The number of carbonyl (C=O) groups is 1. The van der Waals surface area contributed by atoms with Gasteiger partial charge in [-0.1, -0.05) is 12.1 Å². The van der Waals surface area contributed by atoms with E-state index in [1.807, 2.05) is 18.2 Å². The standard InChI is InChI=1S/C18H23N5O/c1-21(2)18(24)15-6-4-5-14(11-15)16-13-23(10-9-22(16)3)17-12-19-7-8-20-17/h4-8,11-12,16H,9-10,13H2,1-3H3. The minimum Gasteiger partial charge on any atom is -0.352 e. The third kappa shape index (κ3) is 3.38. The SMILES string of the molecule is CN(C)C(=O)c1cccc(C2CN(c3cnccn3)CCN2C)c1. The van der Waals surface area contributed by atoms with Crippen molar-refractivity contribution in [3.8, 4) is 0 Å². The molecule has 1 atom stereocenters. The summed E-state index contributed by atoms with van der Waals surface area (Å²) in [5, 5.41) is 0. The number of hydrogen-bond donors (Lipinski definition) is 0. The summed E-state index contributed by atoms with van der Waals surface area (Å²) in [6.45, 7) is 2.68. The van der Waals surface area contributed by atoms with Gasteiger partial charge in [0.15, 0.2) is 0 Å². The van der Waals surface area contributed by atoms with Crippen molar-refractivity contribution < 1.29 is 4.79 Å². The first kappa shape index (κ1) is 16.4. The summed E-state index contributed by atoms with van der Waals surface area (Å²) >= 11 is 0. The van der Waals surface area contributed by atoms with Gasteiger partial charge in [0.25, 0.3) is 5.91 Å². The molecule has 1 saturated heterocycles. The zero-order valence-corrected chi connectivity index (χ0v) is 14.4. The molecular weight excluding hydrogens is 302 g/mol. The molecule has 24 heavy (non-hydrogen) atoms. The molecule has 0 aliphatic carbocycles. The number of carbonyl (C=O) groups excluding carboxylic acids is 1. The van der Waals surface area contributed by atoms with Crippen LogP contribution in [0.25, 0.3) is 0 Å². The van der Waals surface area contributed by atoms with Crippen LogP contribution < -0.4 is 4.90 Å². The minimum atomic E-state index is 0.0288. The van der Waals surface area contributed by atoms with E-state index in [0.717, 1.165) is 36.6 Å². The summed E-state index contributed by atoms with van der Waals surface area (Å²) in [6.07, 6.45) is 5.21. The Labute approximate surface area is 142 Å². The van der Waals surface area contributed by atoms with E-state index in [4.69, 9.17) is 0 Å². The molecule has 3 rings (SSSR count). The van der Waals surface area contributed by atoms with E-state index in [9.17, 15) is 4.79 Å². The second kappa shape index (κ2) is 6.97. The van der Waals surface area contributed by atoms with Gasteiger partial charge in [-0.2, -0.15) is 0 Å². The maximum absolute atomic E-state index is 12.2. The Balaban J connectivity index is 1.84. The average Bonchev–Trinajstić information content (AvgIpc) is 2.62. The van der Waals surface area contributed by atoms with E-state index in [1.54, 1.807) is 37.6 Å². The van der Waals surface area contributed by atoms with Crippen LogP contribution in [0.15, 0.2) is 42.9 Å². The second-order valence-electron chi connectivity index (χ2n) is 6.33. The normalized spacial score (nSPS) is 18.5. The first-order chi connectivity index (χ1) is 11.6. The lowest BCUT2D eigenvalue weighted by atomic mass is 10.00. The van der Waals surface area contributed by atoms with E-state index in [1.165, 1.54) is 0 Å². The first-order valence-electron chi connectivity index (χ1n) is 8.09. The number of hydrogen-bond acceptors (Lipinski definition) is 5. The lowest BCUT2D eigenvalue weighted by Gasteiger charge is -2.40. The molecule has 1 aliphatic heterocycles. The van der Waals surface area contributed by atoms with Gasteiger partial charge >= 0.3 is 0 Å². The lowest BCUT2D eigenvalue weighted by molar-refractivity contribution is 0.0827. The van der Waals surface area contributed by atoms with Crippen molar-refractivity contribution in [2.24, 2.45) is 0 Å². The fourth-order valence-electron chi connectivity index (χ4n) is 3.03. The van der Waals surface area contributed by atoms with Crippen LogP contribution >= 0.6 is 0 Å². The number of rotatable bonds is 3. The Hall–Kier alpha value is -2.47. The van der Waals surface area contributed by atoms with Crippen LogP contribution in [0.1, 0.15) is 22.0 Å². The fraction of sp³-hybridized carbons (Fsp3) is 0.389. The molecule has 1 aromatic heterocycles. The summed E-state index contributed by atoms with van der Waals surface area (Å²) < 4.78 is 0. The third-order valence-corrected chi connectivity index (χ3v) is 4.45. The van der Waals surface area contributed by atoms with Gasteiger partial charge in [0.1, 0.15) is 5.82 Å². The molecule has 0 N–H and O–H groups in total. The minimum absolute atomic E-state index is 0.0288. The van der Waals surface area contributed by atoms with Crippen LogP contribution in [-0.4, -0.2) is 66.5 Å². The summed E-state index contributed by atoms with van der Waals surface area (Å²) in [5.74, 6) is 0.928. The number of benzene rings is 1. The van der Waals surface area contributed by atoms with Crippen LogP contribution in [-0.2, 0) is 0 Å². The number of piperazine rings is 1. The Morgan fingerprint density at radius 2 is 2.08 bits per heavy atom. The Morgan fingerprint density at radius 1 is 1.25 bits per heavy atom. The van der Waals surface area contributed by atoms with Crippen molar-refractivity contribution in [3.05, 3.63) is 54.0 Å². The Morgan fingerprint density at radius 3 is 2.79 bits per heavy atom. The Kier molecular flexibility index (Phi) is 4.76. The summed E-state index contributed by atoms with van der Waals surface area (Å²) in [4.78, 5) is 27.0. The van der Waals surface area contributed by atoms with Gasteiger partial charge in [-0.15, -0.1) is 0 Å². The molecule has 0 bridgehead atoms. The molecule has 2 aromatic rings. The molecule has 1 fully saturated rings. The summed E-state index contributed by atoms with van der Waals surface area (Å²) in [7, 11) is 5.67. The molecule has 1 amide bonds. The second-order valence-corrected chi connectivity index (χ2v) is 6.33. The fourth-order valence-corrected chi connectivity index (χ4v) is 3.03. The van der Waals surface area contributed by atoms with E-state index in [0.29, 0.717) is 0 Å². The predicted octanol–water partition coefficient (Wildman–Crippen LogP) is 1.67. The highest BCUT2D eigenvalue weighted by molar-refractivity contribution is 5.94. The highest BCUT2D eigenvalue weighted by Crippen LogP contribution is 2.27. The largest absolute Gasteiger partial charge is 0.352 e. The van der Waals surface area contributed by atoms with E-state index in [2.05, 4.69) is 32.9 Å². The molecule has 0 saturated carbocycles. The molecule has 1 aromatic carbocycles. The quantitative estimate of drug-likeness (QED) is 0.859. The zero-order valence-electron chi connectivity index (χ0n) is 14.4. The lowest BCUT2D eigenvalue weighted by Crippen LogP contribution is -2.47. The smallest absolute Gasteiger partial charge is 0.253 e. The zero-order chi connectivity index (χ0) is 17.1. The Bertz CT molecular complexity index is 704. The molecule has 2 heterocycles. The summed E-state index contributed by atoms with van der Waals surface area (Å²) in [5.41, 5.74) is 1.88. The van der Waals surface area contributed by atoms with Crippen molar-refractivity contribution >= 4 is 11.7 Å². The number of anilines is 1. The molecule has 0 spiro atoms. The number of amides is 1. The van der Waals surface area contributed by atoms with Gasteiger partial charge in [-0.3, -0.25) is 14.7 Å². The van der Waals surface area contributed by atoms with Gasteiger partial charge in [-0.25, -0.2) is 4.98 Å².